The number of aliphatic hydroxyl groups is 1. The van der Waals surface area contributed by atoms with Crippen molar-refractivity contribution >= 4 is 6.09 Å². The Balaban J connectivity index is 0.000000796. The summed E-state index contributed by atoms with van der Waals surface area (Å²) in [5.41, 5.74) is 4.03. The normalized spacial score (nSPS) is 22.1. The van der Waals surface area contributed by atoms with Gasteiger partial charge in [-0.2, -0.15) is 26.3 Å². The molecule has 0 radical (unpaired) electrons. The molecule has 0 aromatic carbocycles. The Kier molecular flexibility index (Phi) is 6.04. The van der Waals surface area contributed by atoms with Gasteiger partial charge >= 0.3 is 24.2 Å². The molecule has 0 aromatic rings. The number of carboxylic acid groups (broad SMARTS) is 1. The molecule has 4 N–H and O–H groups in total. The van der Waals surface area contributed by atoms with Crippen LogP contribution in [0.2, 0.25) is 0 Å². The number of ether oxygens (including phenoxy) is 2. The van der Waals surface area contributed by atoms with Gasteiger partial charge in [0.05, 0.1) is 12.7 Å². The van der Waals surface area contributed by atoms with Crippen LogP contribution in [0.4, 0.5) is 31.1 Å². The Morgan fingerprint density at radius 2 is 1.65 bits per heavy atom. The number of aliphatic hydroxyl groups excluding tert-OH is 1. The van der Waals surface area contributed by atoms with E-state index in [1.54, 1.807) is 0 Å². The van der Waals surface area contributed by atoms with Crippen LogP contribution in [0.1, 0.15) is 6.42 Å². The summed E-state index contributed by atoms with van der Waals surface area (Å²) in [6, 6.07) is 0. The van der Waals surface area contributed by atoms with Crippen LogP contribution >= 0.6 is 0 Å². The Morgan fingerprint density at radius 3 is 1.90 bits per heavy atom. The van der Waals surface area contributed by atoms with Crippen LogP contribution in [0.5, 0.6) is 0 Å². The smallest absolute Gasteiger partial charge is 0.453 e. The summed E-state index contributed by atoms with van der Waals surface area (Å²) in [7, 11) is 0. The first-order chi connectivity index (χ1) is 8.87. The fourth-order valence-electron chi connectivity index (χ4n) is 1.26. The zero-order valence-electron chi connectivity index (χ0n) is 9.66. The minimum atomic E-state index is -5.71. The van der Waals surface area contributed by atoms with Gasteiger partial charge in [0.25, 0.3) is 0 Å². The molecular formula is C8H11F6NO5. The van der Waals surface area contributed by atoms with Crippen molar-refractivity contribution in [2.45, 2.75) is 30.7 Å². The molecule has 1 unspecified atom stereocenters. The number of carbonyl (C=O) groups is 1. The van der Waals surface area contributed by atoms with E-state index in [4.69, 9.17) is 15.0 Å². The van der Waals surface area contributed by atoms with E-state index in [1.165, 1.54) is 0 Å². The maximum atomic E-state index is 12.3. The Bertz CT molecular complexity index is 312. The van der Waals surface area contributed by atoms with Gasteiger partial charge in [-0.3, -0.25) is 0 Å². The summed E-state index contributed by atoms with van der Waals surface area (Å²) in [6.07, 6.45) is -14.5. The van der Waals surface area contributed by atoms with E-state index in [2.05, 4.69) is 15.2 Å². The van der Waals surface area contributed by atoms with E-state index >= 15 is 0 Å². The van der Waals surface area contributed by atoms with E-state index in [9.17, 15) is 26.3 Å². The number of halogens is 6. The lowest BCUT2D eigenvalue weighted by Crippen LogP contribution is -2.58. The fourth-order valence-corrected chi connectivity index (χ4v) is 1.26. The van der Waals surface area contributed by atoms with Gasteiger partial charge in [-0.1, -0.05) is 0 Å². The van der Waals surface area contributed by atoms with Crippen molar-refractivity contribution in [2.75, 3.05) is 13.2 Å². The molecule has 1 atom stereocenters. The predicted molar refractivity (Wildman–Crippen MR) is 49.6 cm³/mol. The third kappa shape index (κ3) is 4.38. The molecule has 0 aliphatic carbocycles. The molecule has 1 aliphatic rings. The molecule has 6 nitrogen and oxygen atoms in total. The van der Waals surface area contributed by atoms with Gasteiger partial charge in [-0.05, 0) is 6.42 Å². The maximum Gasteiger partial charge on any atom is 0.453 e. The van der Waals surface area contributed by atoms with Crippen molar-refractivity contribution in [1.29, 1.82) is 0 Å². The van der Waals surface area contributed by atoms with E-state index in [1.807, 2.05) is 0 Å². The van der Waals surface area contributed by atoms with Crippen molar-refractivity contribution in [3.63, 3.8) is 0 Å². The Hall–Kier alpha value is -1.27. The van der Waals surface area contributed by atoms with Crippen LogP contribution in [0, 0.1) is 0 Å². The Morgan fingerprint density at radius 1 is 1.25 bits per heavy atom. The van der Waals surface area contributed by atoms with Crippen LogP contribution in [0.15, 0.2) is 0 Å². The number of hydrogen-bond acceptors (Lipinski definition) is 4. The first-order valence-corrected chi connectivity index (χ1v) is 4.92. The molecule has 0 aromatic heterocycles. The van der Waals surface area contributed by atoms with E-state index in [0.29, 0.717) is 0 Å². The highest BCUT2D eigenvalue weighted by Gasteiger charge is 2.77. The molecule has 0 saturated carbocycles. The molecule has 12 heteroatoms. The van der Waals surface area contributed by atoms with Gasteiger partial charge in [0.2, 0.25) is 0 Å². The molecule has 20 heavy (non-hydrogen) atoms. The SMILES string of the molecule is NC(=O)O.OCCC1COC(C(F)(F)F)(C(F)(F)F)O1. The van der Waals surface area contributed by atoms with Gasteiger partial charge in [-0.25, -0.2) is 4.79 Å². The number of hydrogen-bond donors (Lipinski definition) is 3. The molecule has 1 heterocycles. The lowest BCUT2D eigenvalue weighted by atomic mass is 10.2. The maximum absolute atomic E-state index is 12.3. The monoisotopic (exact) mass is 315 g/mol. The molecular weight excluding hydrogens is 304 g/mol. The van der Waals surface area contributed by atoms with Gasteiger partial charge in [0, 0.05) is 6.61 Å². The van der Waals surface area contributed by atoms with Crippen molar-refractivity contribution in [2.24, 2.45) is 5.73 Å². The predicted octanol–water partition coefficient (Wildman–Crippen LogP) is 1.23. The molecule has 1 saturated heterocycles. The molecule has 1 aliphatic heterocycles. The van der Waals surface area contributed by atoms with Crippen LogP contribution < -0.4 is 5.73 Å². The third-order valence-corrected chi connectivity index (χ3v) is 2.00. The molecule has 120 valence electrons. The lowest BCUT2D eigenvalue weighted by Gasteiger charge is -2.31. The van der Waals surface area contributed by atoms with Crippen LogP contribution in [0.3, 0.4) is 0 Å². The number of rotatable bonds is 2. The average molecular weight is 315 g/mol. The zero-order chi connectivity index (χ0) is 16.2. The Labute approximate surface area is 108 Å². The molecule has 1 fully saturated rings. The minimum absolute atomic E-state index is 0.353. The van der Waals surface area contributed by atoms with E-state index in [-0.39, 0.29) is 6.42 Å². The summed E-state index contributed by atoms with van der Waals surface area (Å²) in [5.74, 6) is -4.57. The summed E-state index contributed by atoms with van der Waals surface area (Å²) >= 11 is 0. The van der Waals surface area contributed by atoms with Gasteiger partial charge in [-0.15, -0.1) is 0 Å². The molecule has 0 spiro atoms. The number of primary amides is 1. The van der Waals surface area contributed by atoms with Crippen molar-refractivity contribution in [1.82, 2.24) is 0 Å². The van der Waals surface area contributed by atoms with Crippen LogP contribution in [-0.4, -0.2) is 53.8 Å². The molecule has 1 rings (SSSR count). The van der Waals surface area contributed by atoms with Crippen LogP contribution in [-0.2, 0) is 9.47 Å². The molecule has 0 bridgehead atoms. The topological polar surface area (TPSA) is 102 Å². The summed E-state index contributed by atoms with van der Waals surface area (Å²) in [5, 5.41) is 15.6. The van der Waals surface area contributed by atoms with Gasteiger partial charge < -0.3 is 25.4 Å². The quantitative estimate of drug-likeness (QED) is 0.665. The minimum Gasteiger partial charge on any atom is -0.465 e. The van der Waals surface area contributed by atoms with E-state index in [0.717, 1.165) is 0 Å². The second-order valence-electron chi connectivity index (χ2n) is 3.51. The highest BCUT2D eigenvalue weighted by molar-refractivity contribution is 5.61. The highest BCUT2D eigenvalue weighted by Crippen LogP contribution is 2.50. The van der Waals surface area contributed by atoms with Crippen molar-refractivity contribution in [3.8, 4) is 0 Å². The lowest BCUT2D eigenvalue weighted by molar-refractivity contribution is -0.443. The zero-order valence-corrected chi connectivity index (χ0v) is 9.66. The van der Waals surface area contributed by atoms with Crippen LogP contribution in [0.25, 0.3) is 0 Å². The standard InChI is InChI=1S/C7H8F6O3.CH3NO2/c8-6(9,10)5(7(11,12)13)15-3-4(16-5)1-2-14;2-1(3)4/h4,14H,1-3H2;2H2,(H,3,4). The number of amides is 1. The number of nitrogens with two attached hydrogens (primary N) is 1. The van der Waals surface area contributed by atoms with Crippen molar-refractivity contribution in [3.05, 3.63) is 0 Å². The highest BCUT2D eigenvalue weighted by atomic mass is 19.4. The fraction of sp³-hybridized carbons (Fsp3) is 0.875. The van der Waals surface area contributed by atoms with Crippen molar-refractivity contribution < 1.29 is 50.8 Å². The largest absolute Gasteiger partial charge is 0.465 e. The first-order valence-electron chi connectivity index (χ1n) is 4.92. The first kappa shape index (κ1) is 18.7. The number of alkyl halides is 6. The summed E-state index contributed by atoms with van der Waals surface area (Å²) < 4.78 is 81.4. The summed E-state index contributed by atoms with van der Waals surface area (Å²) in [6.45, 7) is -1.45. The van der Waals surface area contributed by atoms with E-state index < -0.39 is 43.6 Å². The third-order valence-electron chi connectivity index (χ3n) is 2.00. The average Bonchev–Trinajstić information content (AvgIpc) is 2.60. The second-order valence-corrected chi connectivity index (χ2v) is 3.51. The molecule has 1 amide bonds. The van der Waals surface area contributed by atoms with Gasteiger partial charge in [0.1, 0.15) is 0 Å². The summed E-state index contributed by atoms with van der Waals surface area (Å²) in [4.78, 5) is 8.78. The second kappa shape index (κ2) is 6.45. The van der Waals surface area contributed by atoms with Gasteiger partial charge in [0.15, 0.2) is 0 Å².